The van der Waals surface area contributed by atoms with Crippen LogP contribution in [0.2, 0.25) is 0 Å². The van der Waals surface area contributed by atoms with E-state index in [1.54, 1.807) is 31.2 Å². The minimum atomic E-state index is -0.337. The van der Waals surface area contributed by atoms with Gasteiger partial charge in [-0.2, -0.15) is 0 Å². The predicted octanol–water partition coefficient (Wildman–Crippen LogP) is 4.65. The Morgan fingerprint density at radius 3 is 2.17 bits per heavy atom. The molecule has 1 saturated carbocycles. The zero-order chi connectivity index (χ0) is 17.7. The molecule has 1 aromatic carbocycles. The summed E-state index contributed by atoms with van der Waals surface area (Å²) in [5, 5.41) is 2.97. The fourth-order valence-electron chi connectivity index (χ4n) is 3.37. The first-order valence-electron chi connectivity index (χ1n) is 8.89. The number of ether oxygens (including phenoxy) is 1. The van der Waals surface area contributed by atoms with Gasteiger partial charge in [-0.3, -0.25) is 4.79 Å². The molecule has 4 nitrogen and oxygen atoms in total. The van der Waals surface area contributed by atoms with Gasteiger partial charge in [-0.1, -0.05) is 20.8 Å². The Labute approximate surface area is 145 Å². The molecule has 0 unspecified atom stereocenters. The van der Waals surface area contributed by atoms with E-state index in [1.165, 1.54) is 0 Å². The van der Waals surface area contributed by atoms with Crippen LogP contribution in [0, 0.1) is 17.3 Å². The maximum atomic E-state index is 12.4. The van der Waals surface area contributed by atoms with E-state index in [9.17, 15) is 9.59 Å². The first-order chi connectivity index (χ1) is 11.3. The maximum absolute atomic E-state index is 12.4. The average Bonchev–Trinajstić information content (AvgIpc) is 2.55. The fourth-order valence-corrected chi connectivity index (χ4v) is 3.37. The highest BCUT2D eigenvalue weighted by Crippen LogP contribution is 2.40. The molecular weight excluding hydrogens is 302 g/mol. The van der Waals surface area contributed by atoms with E-state index in [2.05, 4.69) is 26.1 Å². The lowest BCUT2D eigenvalue weighted by molar-refractivity contribution is -0.121. The quantitative estimate of drug-likeness (QED) is 0.817. The van der Waals surface area contributed by atoms with Gasteiger partial charge in [0.05, 0.1) is 12.2 Å². The van der Waals surface area contributed by atoms with Crippen molar-refractivity contribution in [2.45, 2.75) is 53.4 Å². The highest BCUT2D eigenvalue weighted by molar-refractivity contribution is 5.94. The van der Waals surface area contributed by atoms with Crippen LogP contribution in [0.4, 0.5) is 5.69 Å². The third-order valence-corrected chi connectivity index (χ3v) is 4.99. The monoisotopic (exact) mass is 331 g/mol. The second-order valence-electron chi connectivity index (χ2n) is 7.70. The molecule has 0 aliphatic heterocycles. The van der Waals surface area contributed by atoms with E-state index in [-0.39, 0.29) is 17.8 Å². The van der Waals surface area contributed by atoms with Gasteiger partial charge >= 0.3 is 5.97 Å². The molecule has 0 aromatic heterocycles. The molecule has 0 radical (unpaired) electrons. The number of carbonyl (C=O) groups is 2. The number of carbonyl (C=O) groups excluding carboxylic acids is 2. The molecule has 1 N–H and O–H groups in total. The van der Waals surface area contributed by atoms with E-state index in [4.69, 9.17) is 4.74 Å². The minimum Gasteiger partial charge on any atom is -0.462 e. The van der Waals surface area contributed by atoms with E-state index in [1.807, 2.05) is 0 Å². The number of esters is 1. The molecule has 0 saturated heterocycles. The van der Waals surface area contributed by atoms with Crippen molar-refractivity contribution in [1.29, 1.82) is 0 Å². The topological polar surface area (TPSA) is 55.4 Å². The number of amides is 1. The molecule has 132 valence electrons. The zero-order valence-electron chi connectivity index (χ0n) is 15.2. The summed E-state index contributed by atoms with van der Waals surface area (Å²) >= 11 is 0. The van der Waals surface area contributed by atoms with Crippen LogP contribution in [-0.2, 0) is 9.53 Å². The van der Waals surface area contributed by atoms with Crippen LogP contribution in [0.25, 0.3) is 0 Å². The van der Waals surface area contributed by atoms with Crippen LogP contribution in [0.5, 0.6) is 0 Å². The summed E-state index contributed by atoms with van der Waals surface area (Å²) in [4.78, 5) is 24.1. The fraction of sp³-hybridized carbons (Fsp3) is 0.600. The van der Waals surface area contributed by atoms with Gasteiger partial charge in [-0.25, -0.2) is 4.79 Å². The van der Waals surface area contributed by atoms with Gasteiger partial charge in [-0.15, -0.1) is 0 Å². The molecule has 1 aliphatic carbocycles. The molecule has 24 heavy (non-hydrogen) atoms. The van der Waals surface area contributed by atoms with Crippen LogP contribution in [0.3, 0.4) is 0 Å². The Morgan fingerprint density at radius 2 is 1.67 bits per heavy atom. The Kier molecular flexibility index (Phi) is 6.03. The van der Waals surface area contributed by atoms with Crippen LogP contribution in [0.1, 0.15) is 63.7 Å². The summed E-state index contributed by atoms with van der Waals surface area (Å²) in [6.07, 6.45) is 4.14. The highest BCUT2D eigenvalue weighted by atomic mass is 16.5. The SMILES string of the molecule is CCOC(=O)c1ccc(NC(=O)C2CCC(C(C)(C)C)CC2)cc1. The number of rotatable bonds is 4. The molecule has 0 heterocycles. The number of hydrogen-bond acceptors (Lipinski definition) is 3. The average molecular weight is 331 g/mol. The Bertz CT molecular complexity index is 564. The van der Waals surface area contributed by atoms with E-state index < -0.39 is 0 Å². The third-order valence-electron chi connectivity index (χ3n) is 4.99. The second-order valence-corrected chi connectivity index (χ2v) is 7.70. The third kappa shape index (κ3) is 4.83. The van der Waals surface area contributed by atoms with Gasteiger partial charge in [0.1, 0.15) is 0 Å². The van der Waals surface area contributed by atoms with Crippen LogP contribution in [-0.4, -0.2) is 18.5 Å². The summed E-state index contributed by atoms with van der Waals surface area (Å²) < 4.78 is 4.96. The van der Waals surface area contributed by atoms with Gasteiger partial charge in [0.25, 0.3) is 0 Å². The summed E-state index contributed by atoms with van der Waals surface area (Å²) in [7, 11) is 0. The molecule has 0 atom stereocenters. The molecule has 1 fully saturated rings. The van der Waals surface area contributed by atoms with Gasteiger partial charge in [0.2, 0.25) is 5.91 Å². The van der Waals surface area contributed by atoms with Gasteiger partial charge < -0.3 is 10.1 Å². The lowest BCUT2D eigenvalue weighted by Gasteiger charge is -2.36. The zero-order valence-corrected chi connectivity index (χ0v) is 15.2. The number of benzene rings is 1. The molecule has 0 bridgehead atoms. The van der Waals surface area contributed by atoms with Crippen molar-refractivity contribution in [2.75, 3.05) is 11.9 Å². The number of nitrogens with one attached hydrogen (secondary N) is 1. The van der Waals surface area contributed by atoms with E-state index in [0.29, 0.717) is 23.5 Å². The lowest BCUT2D eigenvalue weighted by atomic mass is 9.69. The van der Waals surface area contributed by atoms with Crippen LogP contribution in [0.15, 0.2) is 24.3 Å². The van der Waals surface area contributed by atoms with Crippen molar-refractivity contribution in [3.8, 4) is 0 Å². The van der Waals surface area contributed by atoms with E-state index >= 15 is 0 Å². The van der Waals surface area contributed by atoms with Crippen molar-refractivity contribution >= 4 is 17.6 Å². The molecule has 1 amide bonds. The highest BCUT2D eigenvalue weighted by Gasteiger charge is 2.32. The molecule has 1 aromatic rings. The van der Waals surface area contributed by atoms with Crippen molar-refractivity contribution in [2.24, 2.45) is 17.3 Å². The Morgan fingerprint density at radius 1 is 1.08 bits per heavy atom. The van der Waals surface area contributed by atoms with Crippen molar-refractivity contribution in [1.82, 2.24) is 0 Å². The Balaban J connectivity index is 1.88. The summed E-state index contributed by atoms with van der Waals surface area (Å²) in [5.41, 5.74) is 1.55. The Hall–Kier alpha value is -1.84. The number of hydrogen-bond donors (Lipinski definition) is 1. The molecular formula is C20H29NO3. The smallest absolute Gasteiger partial charge is 0.338 e. The summed E-state index contributed by atoms with van der Waals surface area (Å²) in [6, 6.07) is 6.88. The van der Waals surface area contributed by atoms with Gasteiger partial charge in [-0.05, 0) is 68.2 Å². The molecule has 2 rings (SSSR count). The van der Waals surface area contributed by atoms with Crippen LogP contribution < -0.4 is 5.32 Å². The summed E-state index contributed by atoms with van der Waals surface area (Å²) in [5.74, 6) is 0.542. The van der Waals surface area contributed by atoms with Crippen molar-refractivity contribution < 1.29 is 14.3 Å². The van der Waals surface area contributed by atoms with Crippen LogP contribution >= 0.6 is 0 Å². The number of anilines is 1. The molecule has 0 spiro atoms. The maximum Gasteiger partial charge on any atom is 0.338 e. The van der Waals surface area contributed by atoms with Crippen molar-refractivity contribution in [3.63, 3.8) is 0 Å². The molecule has 4 heteroatoms. The van der Waals surface area contributed by atoms with Gasteiger partial charge in [0.15, 0.2) is 0 Å². The largest absolute Gasteiger partial charge is 0.462 e. The standard InChI is InChI=1S/C20H29NO3/c1-5-24-19(23)15-8-12-17(13-9-15)21-18(22)14-6-10-16(11-7-14)20(2,3)4/h8-9,12-14,16H,5-7,10-11H2,1-4H3,(H,21,22). The van der Waals surface area contributed by atoms with Crippen molar-refractivity contribution in [3.05, 3.63) is 29.8 Å². The molecule has 1 aliphatic rings. The second kappa shape index (κ2) is 7.82. The summed E-state index contributed by atoms with van der Waals surface area (Å²) in [6.45, 7) is 8.98. The van der Waals surface area contributed by atoms with E-state index in [0.717, 1.165) is 31.4 Å². The minimum absolute atomic E-state index is 0.0891. The first kappa shape index (κ1) is 18.5. The normalized spacial score (nSPS) is 21.2. The lowest BCUT2D eigenvalue weighted by Crippen LogP contribution is -2.31. The predicted molar refractivity (Wildman–Crippen MR) is 95.9 cm³/mol. The first-order valence-corrected chi connectivity index (χ1v) is 8.89. The van der Waals surface area contributed by atoms with Gasteiger partial charge in [0, 0.05) is 11.6 Å².